The van der Waals surface area contributed by atoms with Crippen molar-refractivity contribution in [3.8, 4) is 0 Å². The second-order valence-corrected chi connectivity index (χ2v) is 4.37. The summed E-state index contributed by atoms with van der Waals surface area (Å²) in [5.74, 6) is 1.54. The van der Waals surface area contributed by atoms with E-state index >= 15 is 0 Å². The first-order valence-electron chi connectivity index (χ1n) is 6.01. The quantitative estimate of drug-likeness (QED) is 0.762. The van der Waals surface area contributed by atoms with Crippen molar-refractivity contribution in [1.29, 1.82) is 0 Å². The zero-order chi connectivity index (χ0) is 12.7. The highest BCUT2D eigenvalue weighted by atomic mass is 16.5. The predicted molar refractivity (Wildman–Crippen MR) is 70.4 cm³/mol. The minimum Gasteiger partial charge on any atom is -0.374 e. The Morgan fingerprint density at radius 3 is 2.41 bits per heavy atom. The van der Waals surface area contributed by atoms with Gasteiger partial charge in [0.05, 0.1) is 18.0 Å². The van der Waals surface area contributed by atoms with E-state index in [9.17, 15) is 0 Å². The zero-order valence-electron chi connectivity index (χ0n) is 11.1. The number of ether oxygens (including phenoxy) is 1. The summed E-state index contributed by atoms with van der Waals surface area (Å²) >= 11 is 0. The predicted octanol–water partition coefficient (Wildman–Crippen LogP) is 2.14. The average Bonchev–Trinajstić information content (AvgIpc) is 2.28. The fourth-order valence-electron chi connectivity index (χ4n) is 1.46. The number of rotatable bonds is 7. The van der Waals surface area contributed by atoms with E-state index in [4.69, 9.17) is 4.74 Å². The summed E-state index contributed by atoms with van der Waals surface area (Å²) in [6, 6.07) is 0. The van der Waals surface area contributed by atoms with Crippen LogP contribution in [0.2, 0.25) is 0 Å². The van der Waals surface area contributed by atoms with Gasteiger partial charge in [0.25, 0.3) is 0 Å². The fraction of sp³-hybridized carbons (Fsp3) is 0.667. The minimum atomic E-state index is -0.204. The molecule has 1 heterocycles. The van der Waals surface area contributed by atoms with Crippen LogP contribution in [0.1, 0.15) is 27.7 Å². The lowest BCUT2D eigenvalue weighted by Gasteiger charge is -2.25. The van der Waals surface area contributed by atoms with Crippen molar-refractivity contribution in [3.05, 3.63) is 12.4 Å². The molecule has 0 spiro atoms. The molecule has 1 aromatic rings. The summed E-state index contributed by atoms with van der Waals surface area (Å²) in [6.45, 7) is 10.4. The molecule has 0 unspecified atom stereocenters. The van der Waals surface area contributed by atoms with Gasteiger partial charge in [-0.15, -0.1) is 0 Å². The number of hydrogen-bond donors (Lipinski definition) is 2. The maximum absolute atomic E-state index is 5.60. The molecule has 0 fully saturated rings. The van der Waals surface area contributed by atoms with E-state index in [-0.39, 0.29) is 5.60 Å². The van der Waals surface area contributed by atoms with Gasteiger partial charge in [0.2, 0.25) is 0 Å². The Bertz CT molecular complexity index is 341. The molecule has 1 rings (SSSR count). The molecule has 0 aliphatic carbocycles. The number of aromatic nitrogens is 2. The van der Waals surface area contributed by atoms with Crippen molar-refractivity contribution < 1.29 is 4.74 Å². The molecule has 0 saturated carbocycles. The molecule has 2 N–H and O–H groups in total. The largest absolute Gasteiger partial charge is 0.374 e. The molecule has 0 aromatic carbocycles. The van der Waals surface area contributed by atoms with Gasteiger partial charge in [0, 0.05) is 19.7 Å². The Morgan fingerprint density at radius 1 is 1.18 bits per heavy atom. The highest BCUT2D eigenvalue weighted by Crippen LogP contribution is 2.12. The molecule has 0 saturated heterocycles. The molecule has 1 aromatic heterocycles. The van der Waals surface area contributed by atoms with E-state index in [1.807, 2.05) is 27.7 Å². The second kappa shape index (κ2) is 6.39. The minimum absolute atomic E-state index is 0.204. The van der Waals surface area contributed by atoms with Gasteiger partial charge in [0.1, 0.15) is 11.6 Å². The van der Waals surface area contributed by atoms with Gasteiger partial charge in [-0.2, -0.15) is 0 Å². The van der Waals surface area contributed by atoms with E-state index in [0.29, 0.717) is 13.2 Å². The maximum Gasteiger partial charge on any atom is 0.147 e. The third-order valence-corrected chi connectivity index (χ3v) is 2.22. The van der Waals surface area contributed by atoms with Gasteiger partial charge in [-0.3, -0.25) is 4.98 Å². The van der Waals surface area contributed by atoms with E-state index in [2.05, 4.69) is 20.6 Å². The standard InChI is InChI=1S/C12H22N4O/c1-5-14-10-7-13-8-11(16-10)15-9-12(3,4)17-6-2/h7-8H,5-6,9H2,1-4H3,(H2,14,15,16). The van der Waals surface area contributed by atoms with Crippen molar-refractivity contribution in [1.82, 2.24) is 9.97 Å². The Hall–Kier alpha value is -1.36. The molecular formula is C12H22N4O. The van der Waals surface area contributed by atoms with E-state index in [1.54, 1.807) is 12.4 Å². The van der Waals surface area contributed by atoms with Gasteiger partial charge < -0.3 is 15.4 Å². The van der Waals surface area contributed by atoms with Crippen molar-refractivity contribution >= 4 is 11.6 Å². The topological polar surface area (TPSA) is 59.1 Å². The Morgan fingerprint density at radius 2 is 1.82 bits per heavy atom. The Balaban J connectivity index is 2.53. The molecule has 0 bridgehead atoms. The number of hydrogen-bond acceptors (Lipinski definition) is 5. The van der Waals surface area contributed by atoms with Crippen molar-refractivity contribution in [2.75, 3.05) is 30.3 Å². The highest BCUT2D eigenvalue weighted by Gasteiger charge is 2.17. The first kappa shape index (κ1) is 13.7. The molecule has 5 heteroatoms. The van der Waals surface area contributed by atoms with E-state index in [1.165, 1.54) is 0 Å². The molecule has 17 heavy (non-hydrogen) atoms. The van der Waals surface area contributed by atoms with Crippen LogP contribution in [0, 0.1) is 0 Å². The summed E-state index contributed by atoms with van der Waals surface area (Å²) in [6.07, 6.45) is 3.42. The Labute approximate surface area is 103 Å². The summed E-state index contributed by atoms with van der Waals surface area (Å²) in [7, 11) is 0. The average molecular weight is 238 g/mol. The van der Waals surface area contributed by atoms with Crippen LogP contribution in [0.3, 0.4) is 0 Å². The first-order chi connectivity index (χ1) is 8.07. The van der Waals surface area contributed by atoms with Crippen LogP contribution in [0.5, 0.6) is 0 Å². The highest BCUT2D eigenvalue weighted by molar-refractivity contribution is 5.41. The smallest absolute Gasteiger partial charge is 0.147 e. The van der Waals surface area contributed by atoms with E-state index < -0.39 is 0 Å². The normalized spacial score (nSPS) is 11.3. The molecule has 0 aliphatic heterocycles. The van der Waals surface area contributed by atoms with Crippen LogP contribution < -0.4 is 10.6 Å². The summed E-state index contributed by atoms with van der Waals surface area (Å²) in [5.41, 5.74) is -0.204. The van der Waals surface area contributed by atoms with Crippen molar-refractivity contribution in [3.63, 3.8) is 0 Å². The SMILES string of the molecule is CCNc1cncc(NCC(C)(C)OCC)n1. The monoisotopic (exact) mass is 238 g/mol. The van der Waals surface area contributed by atoms with Crippen LogP contribution in [-0.2, 0) is 4.74 Å². The van der Waals surface area contributed by atoms with Crippen LogP contribution in [0.25, 0.3) is 0 Å². The summed E-state index contributed by atoms with van der Waals surface area (Å²) < 4.78 is 5.60. The van der Waals surface area contributed by atoms with Crippen LogP contribution in [-0.4, -0.2) is 35.3 Å². The van der Waals surface area contributed by atoms with Gasteiger partial charge in [-0.25, -0.2) is 4.98 Å². The number of nitrogens with one attached hydrogen (secondary N) is 2. The molecule has 0 aliphatic rings. The summed E-state index contributed by atoms with van der Waals surface area (Å²) in [5, 5.41) is 6.36. The fourth-order valence-corrected chi connectivity index (χ4v) is 1.46. The van der Waals surface area contributed by atoms with Gasteiger partial charge in [-0.05, 0) is 27.7 Å². The Kier molecular flexibility index (Phi) is 5.15. The molecule has 5 nitrogen and oxygen atoms in total. The van der Waals surface area contributed by atoms with Crippen molar-refractivity contribution in [2.45, 2.75) is 33.3 Å². The van der Waals surface area contributed by atoms with Gasteiger partial charge in [0.15, 0.2) is 0 Å². The third kappa shape index (κ3) is 4.99. The van der Waals surface area contributed by atoms with Gasteiger partial charge in [-0.1, -0.05) is 0 Å². The third-order valence-electron chi connectivity index (χ3n) is 2.22. The first-order valence-corrected chi connectivity index (χ1v) is 6.01. The lowest BCUT2D eigenvalue weighted by atomic mass is 10.1. The number of nitrogens with zero attached hydrogens (tertiary/aromatic N) is 2. The van der Waals surface area contributed by atoms with Crippen molar-refractivity contribution in [2.24, 2.45) is 0 Å². The lowest BCUT2D eigenvalue weighted by Crippen LogP contribution is -2.33. The van der Waals surface area contributed by atoms with Crippen LogP contribution in [0.15, 0.2) is 12.4 Å². The van der Waals surface area contributed by atoms with Crippen LogP contribution in [0.4, 0.5) is 11.6 Å². The molecule has 0 radical (unpaired) electrons. The molecule has 0 amide bonds. The van der Waals surface area contributed by atoms with Gasteiger partial charge >= 0.3 is 0 Å². The molecule has 0 atom stereocenters. The van der Waals surface area contributed by atoms with E-state index in [0.717, 1.165) is 18.2 Å². The zero-order valence-corrected chi connectivity index (χ0v) is 11.1. The second-order valence-electron chi connectivity index (χ2n) is 4.37. The summed E-state index contributed by atoms with van der Waals surface area (Å²) in [4.78, 5) is 8.51. The number of anilines is 2. The molecular weight excluding hydrogens is 216 g/mol. The van der Waals surface area contributed by atoms with Crippen LogP contribution >= 0.6 is 0 Å². The lowest BCUT2D eigenvalue weighted by molar-refractivity contribution is 0.000640. The maximum atomic E-state index is 5.60. The molecule has 96 valence electrons.